The molecule has 0 N–H and O–H groups in total. The molecule has 1 unspecified atom stereocenters. The summed E-state index contributed by atoms with van der Waals surface area (Å²) in [7, 11) is 0. The van der Waals surface area contributed by atoms with Gasteiger partial charge in [-0.25, -0.2) is 4.79 Å². The highest BCUT2D eigenvalue weighted by Gasteiger charge is 2.45. The van der Waals surface area contributed by atoms with Crippen molar-refractivity contribution in [1.82, 2.24) is 0 Å². The van der Waals surface area contributed by atoms with Crippen molar-refractivity contribution in [1.29, 1.82) is 0 Å². The van der Waals surface area contributed by atoms with Crippen LogP contribution in [0.4, 0.5) is 5.69 Å². The van der Waals surface area contributed by atoms with Crippen LogP contribution in [0.15, 0.2) is 22.7 Å². The average molecular weight is 428 g/mol. The summed E-state index contributed by atoms with van der Waals surface area (Å²) in [5, 5.41) is 10.9. The number of cyclic esters (lactones) is 1. The van der Waals surface area contributed by atoms with Gasteiger partial charge in [0.25, 0.3) is 3.61 Å². The Labute approximate surface area is 124 Å². The highest BCUT2D eigenvalue weighted by Crippen LogP contribution is 2.38. The van der Waals surface area contributed by atoms with Crippen LogP contribution >= 0.6 is 38.5 Å². The maximum Gasteiger partial charge on any atom is 0.361 e. The Kier molecular flexibility index (Phi) is 3.76. The molecular formula is C10H7BrINO5. The van der Waals surface area contributed by atoms with Crippen LogP contribution < -0.4 is 4.74 Å². The normalized spacial score (nSPS) is 22.7. The van der Waals surface area contributed by atoms with E-state index >= 15 is 0 Å². The Bertz CT molecular complexity index is 523. The fourth-order valence-electron chi connectivity index (χ4n) is 1.47. The number of nitro benzene ring substituents is 1. The second-order valence-electron chi connectivity index (χ2n) is 3.59. The van der Waals surface area contributed by atoms with Gasteiger partial charge in [0, 0.05) is 17.0 Å². The maximum absolute atomic E-state index is 11.5. The third kappa shape index (κ3) is 2.58. The summed E-state index contributed by atoms with van der Waals surface area (Å²) in [5.41, 5.74) is -0.194. The van der Waals surface area contributed by atoms with Crippen LogP contribution in [-0.4, -0.2) is 21.1 Å². The zero-order valence-corrected chi connectivity index (χ0v) is 12.6. The second kappa shape index (κ2) is 5.00. The van der Waals surface area contributed by atoms with Gasteiger partial charge < -0.3 is 9.47 Å². The lowest BCUT2D eigenvalue weighted by Crippen LogP contribution is -2.33. The molecule has 0 aromatic heterocycles. The zero-order chi connectivity index (χ0) is 13.3. The number of hydrogen-bond acceptors (Lipinski definition) is 5. The summed E-state index contributed by atoms with van der Waals surface area (Å²) in [6.07, 6.45) is 0.361. The SMILES string of the molecule is O=C1OCCC1(I)Oc1ccc(Br)cc1[N+](=O)[O-]. The molecule has 1 heterocycles. The van der Waals surface area contributed by atoms with Gasteiger partial charge in [-0.3, -0.25) is 10.1 Å². The lowest BCUT2D eigenvalue weighted by molar-refractivity contribution is -0.386. The van der Waals surface area contributed by atoms with E-state index in [1.807, 2.05) is 22.6 Å². The van der Waals surface area contributed by atoms with Gasteiger partial charge >= 0.3 is 11.7 Å². The molecule has 1 aromatic carbocycles. The van der Waals surface area contributed by atoms with E-state index in [0.717, 1.165) is 0 Å². The topological polar surface area (TPSA) is 78.7 Å². The predicted octanol–water partition coefficient (Wildman–Crippen LogP) is 2.81. The number of nitro groups is 1. The van der Waals surface area contributed by atoms with Crippen molar-refractivity contribution in [2.45, 2.75) is 10.0 Å². The number of halogens is 2. The van der Waals surface area contributed by atoms with E-state index in [1.165, 1.54) is 12.1 Å². The van der Waals surface area contributed by atoms with Crippen LogP contribution in [0.3, 0.4) is 0 Å². The van der Waals surface area contributed by atoms with Gasteiger partial charge in [0.2, 0.25) is 0 Å². The highest BCUT2D eigenvalue weighted by molar-refractivity contribution is 14.1. The molecule has 0 spiro atoms. The van der Waals surface area contributed by atoms with Crippen molar-refractivity contribution in [3.05, 3.63) is 32.8 Å². The molecule has 1 saturated heterocycles. The number of hydrogen-bond donors (Lipinski definition) is 0. The summed E-state index contributed by atoms with van der Waals surface area (Å²) in [6.45, 7) is 0.256. The molecule has 1 aliphatic rings. The zero-order valence-electron chi connectivity index (χ0n) is 8.89. The van der Waals surface area contributed by atoms with Gasteiger partial charge in [-0.2, -0.15) is 0 Å². The standard InChI is InChI=1S/C10H7BrINO5/c11-6-1-2-8(7(5-6)13(15)16)18-10(12)3-4-17-9(10)14/h1-2,5H,3-4H2. The molecule has 0 bridgehead atoms. The molecule has 18 heavy (non-hydrogen) atoms. The number of nitrogens with zero attached hydrogens (tertiary/aromatic N) is 1. The van der Waals surface area contributed by atoms with Crippen LogP contribution in [-0.2, 0) is 9.53 Å². The van der Waals surface area contributed by atoms with E-state index in [4.69, 9.17) is 9.47 Å². The molecule has 8 heteroatoms. The number of carbonyl (C=O) groups excluding carboxylic acids is 1. The van der Waals surface area contributed by atoms with Crippen molar-refractivity contribution in [2.75, 3.05) is 6.61 Å². The first-order chi connectivity index (χ1) is 8.42. The minimum absolute atomic E-state index is 0.0523. The molecule has 6 nitrogen and oxygen atoms in total. The quantitative estimate of drug-likeness (QED) is 0.243. The van der Waals surface area contributed by atoms with Gasteiger partial charge in [-0.1, -0.05) is 15.9 Å². The minimum Gasteiger partial charge on any atom is -0.462 e. The molecule has 1 fully saturated rings. The van der Waals surface area contributed by atoms with E-state index in [9.17, 15) is 14.9 Å². The van der Waals surface area contributed by atoms with Gasteiger partial charge in [0.1, 0.15) is 0 Å². The number of benzene rings is 1. The first kappa shape index (κ1) is 13.5. The lowest BCUT2D eigenvalue weighted by atomic mass is 10.2. The van der Waals surface area contributed by atoms with Crippen LogP contribution in [0.1, 0.15) is 6.42 Å². The number of esters is 1. The highest BCUT2D eigenvalue weighted by atomic mass is 127. The number of alkyl halides is 1. The van der Waals surface area contributed by atoms with Crippen molar-refractivity contribution < 1.29 is 19.2 Å². The molecule has 2 rings (SSSR count). The lowest BCUT2D eigenvalue weighted by Gasteiger charge is -2.19. The van der Waals surface area contributed by atoms with Crippen LogP contribution in [0.25, 0.3) is 0 Å². The summed E-state index contributed by atoms with van der Waals surface area (Å²) in [5.74, 6) is -0.461. The molecule has 0 amide bonds. The molecule has 0 radical (unpaired) electrons. The van der Waals surface area contributed by atoms with Gasteiger partial charge in [-0.05, 0) is 34.7 Å². The number of rotatable bonds is 3. The van der Waals surface area contributed by atoms with E-state index < -0.39 is 14.5 Å². The monoisotopic (exact) mass is 427 g/mol. The Morgan fingerprint density at radius 3 is 2.83 bits per heavy atom. The smallest absolute Gasteiger partial charge is 0.361 e. The van der Waals surface area contributed by atoms with Gasteiger partial charge in [0.05, 0.1) is 11.5 Å². The fourth-order valence-corrected chi connectivity index (χ4v) is 2.43. The van der Waals surface area contributed by atoms with Crippen molar-refractivity contribution >= 4 is 50.2 Å². The van der Waals surface area contributed by atoms with Crippen molar-refractivity contribution in [3.8, 4) is 5.75 Å². The summed E-state index contributed by atoms with van der Waals surface area (Å²) >= 11 is 4.96. The Balaban J connectivity index is 2.34. The number of ether oxygens (including phenoxy) is 2. The first-order valence-corrected chi connectivity index (χ1v) is 6.79. The first-order valence-electron chi connectivity index (χ1n) is 4.91. The average Bonchev–Trinajstić information content (AvgIpc) is 2.61. The molecule has 0 saturated carbocycles. The Morgan fingerprint density at radius 1 is 1.56 bits per heavy atom. The number of carbonyl (C=O) groups is 1. The summed E-state index contributed by atoms with van der Waals surface area (Å²) in [4.78, 5) is 21.9. The van der Waals surface area contributed by atoms with E-state index in [1.54, 1.807) is 6.07 Å². The molecular weight excluding hydrogens is 421 g/mol. The van der Waals surface area contributed by atoms with Gasteiger partial charge in [0.15, 0.2) is 5.75 Å². The predicted molar refractivity (Wildman–Crippen MR) is 73.8 cm³/mol. The fraction of sp³-hybridized carbons (Fsp3) is 0.300. The Hall–Kier alpha value is -0.900. The third-order valence-corrected chi connectivity index (χ3v) is 4.04. The molecule has 1 aromatic rings. The summed E-state index contributed by atoms with van der Waals surface area (Å²) in [6, 6.07) is 4.40. The van der Waals surface area contributed by atoms with Crippen LogP contribution in [0, 0.1) is 10.1 Å². The van der Waals surface area contributed by atoms with E-state index in [-0.39, 0.29) is 18.0 Å². The van der Waals surface area contributed by atoms with Crippen LogP contribution in [0.2, 0.25) is 0 Å². The largest absolute Gasteiger partial charge is 0.462 e. The molecule has 0 aliphatic carbocycles. The summed E-state index contributed by atoms with van der Waals surface area (Å²) < 4.78 is 9.67. The molecule has 1 atom stereocenters. The molecule has 1 aliphatic heterocycles. The van der Waals surface area contributed by atoms with E-state index in [2.05, 4.69) is 15.9 Å². The molecule has 96 valence electrons. The van der Waals surface area contributed by atoms with Crippen molar-refractivity contribution in [3.63, 3.8) is 0 Å². The van der Waals surface area contributed by atoms with E-state index in [0.29, 0.717) is 10.9 Å². The minimum atomic E-state index is -1.18. The Morgan fingerprint density at radius 2 is 2.28 bits per heavy atom. The van der Waals surface area contributed by atoms with Crippen molar-refractivity contribution in [2.24, 2.45) is 0 Å². The van der Waals surface area contributed by atoms with Gasteiger partial charge in [-0.15, -0.1) is 0 Å². The maximum atomic E-state index is 11.5. The van der Waals surface area contributed by atoms with Crippen LogP contribution in [0.5, 0.6) is 5.75 Å². The third-order valence-electron chi connectivity index (χ3n) is 2.35. The second-order valence-corrected chi connectivity index (χ2v) is 6.24.